The average molecular weight is 179 g/mol. The molecule has 1 saturated heterocycles. The quantitative estimate of drug-likeness (QED) is 0.701. The van der Waals surface area contributed by atoms with E-state index in [1.165, 1.54) is 0 Å². The Hall–Kier alpha value is -0.930. The van der Waals surface area contributed by atoms with Crippen molar-refractivity contribution in [2.75, 3.05) is 13.2 Å². The van der Waals surface area contributed by atoms with Gasteiger partial charge >= 0.3 is 0 Å². The minimum absolute atomic E-state index is 0.630. The van der Waals surface area contributed by atoms with Crippen molar-refractivity contribution in [2.24, 2.45) is 0 Å². The monoisotopic (exact) mass is 179 g/mol. The molecule has 70 valence electrons. The third-order valence-electron chi connectivity index (χ3n) is 2.52. The van der Waals surface area contributed by atoms with Crippen molar-refractivity contribution in [3.05, 3.63) is 30.1 Å². The van der Waals surface area contributed by atoms with E-state index in [0.29, 0.717) is 26.1 Å². The molecule has 0 radical (unpaired) electrons. The third-order valence-corrected chi connectivity index (χ3v) is 2.52. The standard InChI is InChI=1S/C10H13NO2/c12-10(3-6-13-7-4-10)9-2-1-5-11-8-9/h1-2,5,8,12H,3-4,6-7H2. The maximum absolute atomic E-state index is 10.2. The molecule has 1 fully saturated rings. The molecule has 1 aromatic heterocycles. The van der Waals surface area contributed by atoms with Crippen LogP contribution in [-0.4, -0.2) is 23.3 Å². The highest BCUT2D eigenvalue weighted by atomic mass is 16.5. The second-order valence-corrected chi connectivity index (χ2v) is 3.39. The fraction of sp³-hybridized carbons (Fsp3) is 0.500. The zero-order valence-corrected chi connectivity index (χ0v) is 7.44. The van der Waals surface area contributed by atoms with Gasteiger partial charge in [-0.15, -0.1) is 0 Å². The highest BCUT2D eigenvalue weighted by Crippen LogP contribution is 2.30. The first-order valence-corrected chi connectivity index (χ1v) is 4.52. The molecule has 0 amide bonds. The van der Waals surface area contributed by atoms with Gasteiger partial charge in [0.25, 0.3) is 0 Å². The van der Waals surface area contributed by atoms with Crippen molar-refractivity contribution in [3.8, 4) is 0 Å². The molecular formula is C10H13NO2. The predicted molar refractivity (Wildman–Crippen MR) is 48.2 cm³/mol. The van der Waals surface area contributed by atoms with Crippen LogP contribution < -0.4 is 0 Å². The molecule has 1 aliphatic heterocycles. The number of hydrogen-bond acceptors (Lipinski definition) is 3. The van der Waals surface area contributed by atoms with Gasteiger partial charge in [-0.25, -0.2) is 0 Å². The van der Waals surface area contributed by atoms with Crippen LogP contribution in [-0.2, 0) is 10.3 Å². The summed E-state index contributed by atoms with van der Waals surface area (Å²) in [5.74, 6) is 0. The molecular weight excluding hydrogens is 166 g/mol. The Labute approximate surface area is 77.4 Å². The summed E-state index contributed by atoms with van der Waals surface area (Å²) in [5.41, 5.74) is 0.185. The minimum Gasteiger partial charge on any atom is -0.385 e. The molecule has 3 nitrogen and oxygen atoms in total. The van der Waals surface area contributed by atoms with Gasteiger partial charge < -0.3 is 9.84 Å². The predicted octanol–water partition coefficient (Wildman–Crippen LogP) is 1.08. The largest absolute Gasteiger partial charge is 0.385 e. The van der Waals surface area contributed by atoms with Gasteiger partial charge in [-0.2, -0.15) is 0 Å². The summed E-state index contributed by atoms with van der Waals surface area (Å²) >= 11 is 0. The van der Waals surface area contributed by atoms with Crippen LogP contribution in [0.3, 0.4) is 0 Å². The van der Waals surface area contributed by atoms with Crippen LogP contribution in [0.4, 0.5) is 0 Å². The van der Waals surface area contributed by atoms with Crippen LogP contribution in [0.25, 0.3) is 0 Å². The number of rotatable bonds is 1. The summed E-state index contributed by atoms with van der Waals surface area (Å²) in [6, 6.07) is 3.76. The van der Waals surface area contributed by atoms with E-state index in [1.807, 2.05) is 12.1 Å². The summed E-state index contributed by atoms with van der Waals surface area (Å²) in [6.45, 7) is 1.26. The van der Waals surface area contributed by atoms with E-state index < -0.39 is 5.60 Å². The molecule has 1 aliphatic rings. The molecule has 0 atom stereocenters. The topological polar surface area (TPSA) is 42.4 Å². The zero-order chi connectivity index (χ0) is 9.15. The molecule has 3 heteroatoms. The summed E-state index contributed by atoms with van der Waals surface area (Å²) in [7, 11) is 0. The van der Waals surface area contributed by atoms with Crippen LogP contribution >= 0.6 is 0 Å². The fourth-order valence-corrected chi connectivity index (χ4v) is 1.64. The van der Waals surface area contributed by atoms with Crippen molar-refractivity contribution in [3.63, 3.8) is 0 Å². The molecule has 0 spiro atoms. The van der Waals surface area contributed by atoms with E-state index in [2.05, 4.69) is 4.98 Å². The Morgan fingerprint density at radius 3 is 2.77 bits per heavy atom. The van der Waals surface area contributed by atoms with Crippen molar-refractivity contribution >= 4 is 0 Å². The maximum Gasteiger partial charge on any atom is 0.0955 e. The first-order valence-electron chi connectivity index (χ1n) is 4.52. The van der Waals surface area contributed by atoms with E-state index >= 15 is 0 Å². The van der Waals surface area contributed by atoms with Crippen molar-refractivity contribution in [1.29, 1.82) is 0 Å². The first kappa shape index (κ1) is 8.66. The molecule has 13 heavy (non-hydrogen) atoms. The van der Waals surface area contributed by atoms with Crippen LogP contribution in [0.2, 0.25) is 0 Å². The number of nitrogens with zero attached hydrogens (tertiary/aromatic N) is 1. The molecule has 1 aromatic rings. The van der Waals surface area contributed by atoms with Crippen LogP contribution in [0.1, 0.15) is 18.4 Å². The van der Waals surface area contributed by atoms with Crippen molar-refractivity contribution in [2.45, 2.75) is 18.4 Å². The average Bonchev–Trinajstić information content (AvgIpc) is 2.20. The maximum atomic E-state index is 10.2. The lowest BCUT2D eigenvalue weighted by molar-refractivity contribution is -0.0681. The number of aromatic nitrogens is 1. The van der Waals surface area contributed by atoms with Gasteiger partial charge in [-0.3, -0.25) is 4.98 Å². The molecule has 1 N–H and O–H groups in total. The van der Waals surface area contributed by atoms with Crippen LogP contribution in [0, 0.1) is 0 Å². The highest BCUT2D eigenvalue weighted by molar-refractivity contribution is 5.18. The van der Waals surface area contributed by atoms with Crippen LogP contribution in [0.5, 0.6) is 0 Å². The number of ether oxygens (including phenoxy) is 1. The van der Waals surface area contributed by atoms with Gasteiger partial charge in [0, 0.05) is 44.0 Å². The molecule has 0 saturated carbocycles. The Kier molecular flexibility index (Phi) is 2.29. The van der Waals surface area contributed by atoms with Gasteiger partial charge in [-0.05, 0) is 6.07 Å². The summed E-state index contributed by atoms with van der Waals surface area (Å²) in [6.07, 6.45) is 4.77. The van der Waals surface area contributed by atoms with Gasteiger partial charge in [0.2, 0.25) is 0 Å². The first-order chi connectivity index (χ1) is 6.31. The molecule has 0 bridgehead atoms. The van der Waals surface area contributed by atoms with E-state index in [1.54, 1.807) is 12.4 Å². The van der Waals surface area contributed by atoms with E-state index in [9.17, 15) is 5.11 Å². The van der Waals surface area contributed by atoms with Gasteiger partial charge in [0.1, 0.15) is 0 Å². The lowest BCUT2D eigenvalue weighted by Crippen LogP contribution is -2.33. The Bertz CT molecular complexity index is 268. The molecule has 0 aromatic carbocycles. The highest BCUT2D eigenvalue weighted by Gasteiger charge is 2.31. The van der Waals surface area contributed by atoms with Crippen LogP contribution in [0.15, 0.2) is 24.5 Å². The normalized spacial score (nSPS) is 21.3. The number of pyridine rings is 1. The van der Waals surface area contributed by atoms with Crippen molar-refractivity contribution < 1.29 is 9.84 Å². The Balaban J connectivity index is 2.23. The minimum atomic E-state index is -0.716. The lowest BCUT2D eigenvalue weighted by Gasteiger charge is -2.32. The van der Waals surface area contributed by atoms with Gasteiger partial charge in [-0.1, -0.05) is 6.07 Å². The van der Waals surface area contributed by atoms with E-state index in [0.717, 1.165) is 5.56 Å². The fourth-order valence-electron chi connectivity index (χ4n) is 1.64. The Morgan fingerprint density at radius 2 is 2.15 bits per heavy atom. The molecule has 2 rings (SSSR count). The second kappa shape index (κ2) is 3.44. The summed E-state index contributed by atoms with van der Waals surface area (Å²) in [4.78, 5) is 4.00. The second-order valence-electron chi connectivity index (χ2n) is 3.39. The van der Waals surface area contributed by atoms with Gasteiger partial charge in [0.05, 0.1) is 5.60 Å². The smallest absolute Gasteiger partial charge is 0.0955 e. The number of hydrogen-bond donors (Lipinski definition) is 1. The Morgan fingerprint density at radius 1 is 1.38 bits per heavy atom. The lowest BCUT2D eigenvalue weighted by atomic mass is 9.88. The molecule has 0 unspecified atom stereocenters. The summed E-state index contributed by atoms with van der Waals surface area (Å²) < 4.78 is 5.21. The van der Waals surface area contributed by atoms with E-state index in [4.69, 9.17) is 4.74 Å². The molecule has 2 heterocycles. The van der Waals surface area contributed by atoms with Gasteiger partial charge in [0.15, 0.2) is 0 Å². The van der Waals surface area contributed by atoms with Crippen molar-refractivity contribution in [1.82, 2.24) is 4.98 Å². The van der Waals surface area contributed by atoms with E-state index in [-0.39, 0.29) is 0 Å². The number of aliphatic hydroxyl groups is 1. The third kappa shape index (κ3) is 1.71. The SMILES string of the molecule is OC1(c2cccnc2)CCOCC1. The molecule has 0 aliphatic carbocycles. The summed E-state index contributed by atoms with van der Waals surface area (Å²) in [5, 5.41) is 10.2. The zero-order valence-electron chi connectivity index (χ0n) is 7.44.